The summed E-state index contributed by atoms with van der Waals surface area (Å²) >= 11 is 0. The Morgan fingerprint density at radius 3 is 2.27 bits per heavy atom. The minimum atomic E-state index is -0.0755. The Bertz CT molecular complexity index is 155. The molecular weight excluding hydrogens is 188 g/mol. The van der Waals surface area contributed by atoms with Crippen LogP contribution >= 0.6 is 0 Å². The Hall–Kier alpha value is -0.530. The van der Waals surface area contributed by atoms with E-state index < -0.39 is 0 Å². The van der Waals surface area contributed by atoms with Crippen LogP contribution in [0.3, 0.4) is 0 Å². The van der Waals surface area contributed by atoms with Crippen molar-refractivity contribution >= 4 is 5.97 Å². The second-order valence-corrected chi connectivity index (χ2v) is 4.21. The fourth-order valence-corrected chi connectivity index (χ4v) is 1.58. The van der Waals surface area contributed by atoms with Gasteiger partial charge in [-0.2, -0.15) is 0 Å². The smallest absolute Gasteiger partial charge is 0.305 e. The SMILES string of the molecule is CCCCCCCC[C@@H](C)OC(=O)CC. The summed E-state index contributed by atoms with van der Waals surface area (Å²) in [5.41, 5.74) is 0. The van der Waals surface area contributed by atoms with Crippen LogP contribution in [0.15, 0.2) is 0 Å². The summed E-state index contributed by atoms with van der Waals surface area (Å²) in [6.45, 7) is 6.05. The lowest BCUT2D eigenvalue weighted by atomic mass is 10.1. The van der Waals surface area contributed by atoms with Crippen molar-refractivity contribution in [3.05, 3.63) is 0 Å². The highest BCUT2D eigenvalue weighted by atomic mass is 16.5. The van der Waals surface area contributed by atoms with Crippen LogP contribution in [0.2, 0.25) is 0 Å². The molecule has 0 fully saturated rings. The third-order valence-corrected chi connectivity index (χ3v) is 2.59. The second-order valence-electron chi connectivity index (χ2n) is 4.21. The van der Waals surface area contributed by atoms with Gasteiger partial charge in [0.1, 0.15) is 0 Å². The van der Waals surface area contributed by atoms with E-state index in [4.69, 9.17) is 4.74 Å². The van der Waals surface area contributed by atoms with Crippen LogP contribution in [0, 0.1) is 0 Å². The maximum atomic E-state index is 11.0. The molecule has 0 unspecified atom stereocenters. The van der Waals surface area contributed by atoms with Crippen molar-refractivity contribution in [2.45, 2.75) is 78.2 Å². The van der Waals surface area contributed by atoms with E-state index in [1.54, 1.807) is 0 Å². The van der Waals surface area contributed by atoms with Gasteiger partial charge in [-0.15, -0.1) is 0 Å². The first-order valence-electron chi connectivity index (χ1n) is 6.40. The molecule has 0 spiro atoms. The average Bonchev–Trinajstić information content (AvgIpc) is 2.23. The van der Waals surface area contributed by atoms with Gasteiger partial charge in [0.15, 0.2) is 0 Å². The molecule has 90 valence electrons. The van der Waals surface area contributed by atoms with Crippen molar-refractivity contribution in [2.75, 3.05) is 0 Å². The van der Waals surface area contributed by atoms with Gasteiger partial charge in [-0.3, -0.25) is 4.79 Å². The number of esters is 1. The molecule has 0 N–H and O–H groups in total. The number of carbonyl (C=O) groups excluding carboxylic acids is 1. The van der Waals surface area contributed by atoms with Crippen LogP contribution < -0.4 is 0 Å². The van der Waals surface area contributed by atoms with Crippen molar-refractivity contribution in [1.29, 1.82) is 0 Å². The summed E-state index contributed by atoms with van der Waals surface area (Å²) in [6.07, 6.45) is 9.37. The first-order valence-corrected chi connectivity index (χ1v) is 6.40. The summed E-state index contributed by atoms with van der Waals surface area (Å²) in [7, 11) is 0. The molecule has 0 radical (unpaired) electrons. The fraction of sp³-hybridized carbons (Fsp3) is 0.923. The zero-order valence-electron chi connectivity index (χ0n) is 10.6. The number of ether oxygens (including phenoxy) is 1. The molecule has 15 heavy (non-hydrogen) atoms. The highest BCUT2D eigenvalue weighted by molar-refractivity contribution is 5.69. The van der Waals surface area contributed by atoms with E-state index in [-0.39, 0.29) is 12.1 Å². The van der Waals surface area contributed by atoms with Gasteiger partial charge in [-0.1, -0.05) is 46.0 Å². The summed E-state index contributed by atoms with van der Waals surface area (Å²) in [5, 5.41) is 0. The maximum Gasteiger partial charge on any atom is 0.305 e. The van der Waals surface area contributed by atoms with Crippen molar-refractivity contribution in [1.82, 2.24) is 0 Å². The predicted molar refractivity (Wildman–Crippen MR) is 63.8 cm³/mol. The molecule has 0 amide bonds. The Balaban J connectivity index is 3.23. The average molecular weight is 214 g/mol. The maximum absolute atomic E-state index is 11.0. The zero-order chi connectivity index (χ0) is 11.5. The molecule has 2 nitrogen and oxygen atoms in total. The first kappa shape index (κ1) is 14.5. The Labute approximate surface area is 94.4 Å². The van der Waals surface area contributed by atoms with Crippen molar-refractivity contribution in [2.24, 2.45) is 0 Å². The van der Waals surface area contributed by atoms with E-state index in [1.807, 2.05) is 13.8 Å². The van der Waals surface area contributed by atoms with Crippen LogP contribution in [0.1, 0.15) is 72.1 Å². The zero-order valence-corrected chi connectivity index (χ0v) is 10.6. The molecule has 0 saturated carbocycles. The molecule has 0 rings (SSSR count). The van der Waals surface area contributed by atoms with E-state index >= 15 is 0 Å². The first-order chi connectivity index (χ1) is 7.20. The number of carbonyl (C=O) groups is 1. The number of rotatable bonds is 9. The van der Waals surface area contributed by atoms with Gasteiger partial charge in [0.2, 0.25) is 0 Å². The quantitative estimate of drug-likeness (QED) is 0.427. The molecule has 0 aromatic heterocycles. The van der Waals surface area contributed by atoms with Crippen LogP contribution in [0.25, 0.3) is 0 Å². The Morgan fingerprint density at radius 1 is 1.07 bits per heavy atom. The Morgan fingerprint density at radius 2 is 1.67 bits per heavy atom. The normalized spacial score (nSPS) is 12.5. The van der Waals surface area contributed by atoms with Crippen LogP contribution in [0.4, 0.5) is 0 Å². The largest absolute Gasteiger partial charge is 0.463 e. The summed E-state index contributed by atoms with van der Waals surface area (Å²) in [5.74, 6) is -0.0755. The fourth-order valence-electron chi connectivity index (χ4n) is 1.58. The van der Waals surface area contributed by atoms with Crippen molar-refractivity contribution in [3.63, 3.8) is 0 Å². The molecular formula is C13H26O2. The highest BCUT2D eigenvalue weighted by Crippen LogP contribution is 2.10. The lowest BCUT2D eigenvalue weighted by molar-refractivity contribution is -0.148. The summed E-state index contributed by atoms with van der Waals surface area (Å²) in [6, 6.07) is 0. The van der Waals surface area contributed by atoms with Crippen LogP contribution in [0.5, 0.6) is 0 Å². The lowest BCUT2D eigenvalue weighted by Crippen LogP contribution is -2.13. The Kier molecular flexibility index (Phi) is 9.65. The molecule has 0 aromatic carbocycles. The van der Waals surface area contributed by atoms with Gasteiger partial charge in [-0.25, -0.2) is 0 Å². The van der Waals surface area contributed by atoms with Gasteiger partial charge < -0.3 is 4.74 Å². The van der Waals surface area contributed by atoms with E-state index in [0.717, 1.165) is 6.42 Å². The third kappa shape index (κ3) is 9.77. The van der Waals surface area contributed by atoms with Crippen LogP contribution in [-0.4, -0.2) is 12.1 Å². The van der Waals surface area contributed by atoms with Crippen LogP contribution in [-0.2, 0) is 9.53 Å². The molecule has 0 aliphatic heterocycles. The topological polar surface area (TPSA) is 26.3 Å². The van der Waals surface area contributed by atoms with Gasteiger partial charge in [0, 0.05) is 6.42 Å². The number of hydrogen-bond donors (Lipinski definition) is 0. The second kappa shape index (κ2) is 10.0. The van der Waals surface area contributed by atoms with Gasteiger partial charge in [0.05, 0.1) is 6.10 Å². The molecule has 1 atom stereocenters. The monoisotopic (exact) mass is 214 g/mol. The molecule has 0 bridgehead atoms. The highest BCUT2D eigenvalue weighted by Gasteiger charge is 2.06. The van der Waals surface area contributed by atoms with Gasteiger partial charge in [0.25, 0.3) is 0 Å². The van der Waals surface area contributed by atoms with Gasteiger partial charge in [-0.05, 0) is 19.8 Å². The van der Waals surface area contributed by atoms with Crippen molar-refractivity contribution in [3.8, 4) is 0 Å². The summed E-state index contributed by atoms with van der Waals surface area (Å²) in [4.78, 5) is 11.0. The lowest BCUT2D eigenvalue weighted by Gasteiger charge is -2.12. The van der Waals surface area contributed by atoms with E-state index in [2.05, 4.69) is 6.92 Å². The molecule has 2 heteroatoms. The molecule has 0 aliphatic carbocycles. The predicted octanol–water partition coefficient (Wildman–Crippen LogP) is 4.08. The molecule has 0 heterocycles. The minimum absolute atomic E-state index is 0.0755. The molecule has 0 aliphatic rings. The van der Waals surface area contributed by atoms with E-state index in [1.165, 1.54) is 38.5 Å². The standard InChI is InChI=1S/C13H26O2/c1-4-6-7-8-9-10-11-12(3)15-13(14)5-2/h12H,4-11H2,1-3H3/t12-/m1/s1. The molecule has 0 saturated heterocycles. The van der Waals surface area contributed by atoms with E-state index in [0.29, 0.717) is 6.42 Å². The van der Waals surface area contributed by atoms with E-state index in [9.17, 15) is 4.79 Å². The number of unbranched alkanes of at least 4 members (excludes halogenated alkanes) is 5. The minimum Gasteiger partial charge on any atom is -0.463 e. The third-order valence-electron chi connectivity index (χ3n) is 2.59. The summed E-state index contributed by atoms with van der Waals surface area (Å²) < 4.78 is 5.19. The van der Waals surface area contributed by atoms with Crippen molar-refractivity contribution < 1.29 is 9.53 Å². The molecule has 0 aromatic rings. The number of hydrogen-bond acceptors (Lipinski definition) is 2. The van der Waals surface area contributed by atoms with Gasteiger partial charge >= 0.3 is 5.97 Å².